The maximum absolute atomic E-state index is 14.3. The lowest BCUT2D eigenvalue weighted by molar-refractivity contribution is 0.0418. The predicted octanol–water partition coefficient (Wildman–Crippen LogP) is 5.94. The van der Waals surface area contributed by atoms with Crippen LogP contribution in [0.4, 0.5) is 5.95 Å². The van der Waals surface area contributed by atoms with Gasteiger partial charge in [0.1, 0.15) is 6.10 Å². The van der Waals surface area contributed by atoms with Crippen LogP contribution < -0.4 is 9.46 Å². The van der Waals surface area contributed by atoms with E-state index >= 15 is 0 Å². The fourth-order valence-corrected chi connectivity index (χ4v) is 7.36. The number of ether oxygens (including phenoxy) is 1. The van der Waals surface area contributed by atoms with Crippen molar-refractivity contribution in [2.45, 2.75) is 57.7 Å². The first kappa shape index (κ1) is 30.7. The largest absolute Gasteiger partial charge is 0.471 e. The second-order valence-electron chi connectivity index (χ2n) is 12.4. The molecule has 45 heavy (non-hydrogen) atoms. The van der Waals surface area contributed by atoms with Gasteiger partial charge in [0.2, 0.25) is 11.8 Å². The van der Waals surface area contributed by atoms with E-state index in [2.05, 4.69) is 45.6 Å². The van der Waals surface area contributed by atoms with E-state index in [4.69, 9.17) is 4.74 Å². The number of sulfonamides is 1. The highest BCUT2D eigenvalue weighted by Gasteiger charge is 2.38. The van der Waals surface area contributed by atoms with Crippen molar-refractivity contribution in [2.75, 3.05) is 24.4 Å². The number of carbonyl (C=O) groups excluding carboxylic acids is 1. The van der Waals surface area contributed by atoms with E-state index < -0.39 is 16.1 Å². The fourth-order valence-electron chi connectivity index (χ4n) is 6.37. The van der Waals surface area contributed by atoms with E-state index in [-0.39, 0.29) is 36.0 Å². The number of hydrogen-bond donors (Lipinski definition) is 1. The van der Waals surface area contributed by atoms with Crippen LogP contribution in [0.1, 0.15) is 48.7 Å². The number of fused-ring (bicyclic) bond motifs is 6. The molecule has 4 aromatic rings. The van der Waals surface area contributed by atoms with E-state index in [1.165, 1.54) is 17.7 Å². The number of rotatable bonds is 5. The third-order valence-electron chi connectivity index (χ3n) is 8.48. The molecule has 6 bridgehead atoms. The van der Waals surface area contributed by atoms with Crippen molar-refractivity contribution in [3.8, 4) is 17.1 Å². The summed E-state index contributed by atoms with van der Waals surface area (Å²) in [5, 5.41) is 0. The van der Waals surface area contributed by atoms with Gasteiger partial charge in [0.25, 0.3) is 15.9 Å². The molecule has 0 saturated carbocycles. The topological polar surface area (TPSA) is 105 Å². The van der Waals surface area contributed by atoms with Gasteiger partial charge in [-0.3, -0.25) is 9.69 Å². The van der Waals surface area contributed by atoms with Crippen molar-refractivity contribution in [1.29, 1.82) is 0 Å². The van der Waals surface area contributed by atoms with E-state index in [1.807, 2.05) is 55.1 Å². The Morgan fingerprint density at radius 1 is 0.956 bits per heavy atom. The van der Waals surface area contributed by atoms with Crippen LogP contribution in [0.5, 0.6) is 5.88 Å². The lowest BCUT2D eigenvalue weighted by Crippen LogP contribution is -2.50. The fraction of sp³-hybridized carbons (Fsp3) is 0.343. The molecule has 1 fully saturated rings. The van der Waals surface area contributed by atoms with Crippen LogP contribution >= 0.6 is 0 Å². The Labute approximate surface area is 266 Å². The van der Waals surface area contributed by atoms with Gasteiger partial charge in [0.15, 0.2) is 0 Å². The molecule has 6 rings (SSSR count). The third-order valence-corrected chi connectivity index (χ3v) is 9.80. The maximum Gasteiger partial charge on any atom is 0.264 e. The summed E-state index contributed by atoms with van der Waals surface area (Å²) in [6, 6.07) is 23.9. The normalized spacial score (nSPS) is 19.8. The number of anilines is 1. The molecule has 0 unspecified atom stereocenters. The molecule has 1 amide bonds. The second kappa shape index (κ2) is 12.6. The van der Waals surface area contributed by atoms with Gasteiger partial charge >= 0.3 is 0 Å². The van der Waals surface area contributed by atoms with Gasteiger partial charge in [-0.15, -0.1) is 0 Å². The van der Waals surface area contributed by atoms with Crippen LogP contribution in [0.3, 0.4) is 0 Å². The van der Waals surface area contributed by atoms with Crippen molar-refractivity contribution >= 4 is 21.9 Å². The van der Waals surface area contributed by atoms with Crippen molar-refractivity contribution < 1.29 is 19.4 Å². The van der Waals surface area contributed by atoms with Crippen LogP contribution in [0.15, 0.2) is 83.8 Å². The Kier molecular flexibility index (Phi) is 8.61. The SMILES string of the molecule is Cc1cccc(C)c1-c1cc2nc(n1)NS(=O)(=O)c1cccc(c1)C(=O)N1CCN(Cc3ccccc3)C[C@H](O2)[C@H]1CC(C)C.[HH]. The molecule has 1 N–H and O–H groups in total. The molecule has 1 aromatic heterocycles. The molecule has 2 aliphatic rings. The van der Waals surface area contributed by atoms with Crippen molar-refractivity contribution in [3.05, 3.63) is 101 Å². The van der Waals surface area contributed by atoms with E-state index in [0.717, 1.165) is 16.7 Å². The van der Waals surface area contributed by atoms with Crippen molar-refractivity contribution in [2.24, 2.45) is 5.92 Å². The van der Waals surface area contributed by atoms with Gasteiger partial charge in [-0.2, -0.15) is 4.98 Å². The summed E-state index contributed by atoms with van der Waals surface area (Å²) in [6.07, 6.45) is 0.254. The Balaban J connectivity index is 0.00000417. The minimum absolute atomic E-state index is 0. The number of benzene rings is 3. The second-order valence-corrected chi connectivity index (χ2v) is 14.1. The minimum atomic E-state index is -4.12. The molecule has 0 spiro atoms. The first-order valence-corrected chi connectivity index (χ1v) is 16.9. The average molecular weight is 628 g/mol. The number of hydrogen-bond acceptors (Lipinski definition) is 7. The highest BCUT2D eigenvalue weighted by molar-refractivity contribution is 7.92. The van der Waals surface area contributed by atoms with E-state index in [9.17, 15) is 13.2 Å². The molecule has 1 saturated heterocycles. The number of carbonyl (C=O) groups is 1. The molecule has 2 atom stereocenters. The highest BCUT2D eigenvalue weighted by atomic mass is 32.2. The summed E-state index contributed by atoms with van der Waals surface area (Å²) in [5.74, 6) is 0.209. The Morgan fingerprint density at radius 3 is 2.42 bits per heavy atom. The Bertz CT molecular complexity index is 1800. The molecule has 2 aliphatic heterocycles. The van der Waals surface area contributed by atoms with Crippen molar-refractivity contribution in [1.82, 2.24) is 19.8 Å². The monoisotopic (exact) mass is 627 g/mol. The minimum Gasteiger partial charge on any atom is -0.471 e. The van der Waals surface area contributed by atoms with Gasteiger partial charge in [-0.25, -0.2) is 18.1 Å². The number of aromatic nitrogens is 2. The third kappa shape index (κ3) is 6.72. The van der Waals surface area contributed by atoms with E-state index in [1.54, 1.807) is 18.2 Å². The molecule has 9 nitrogen and oxygen atoms in total. The number of amides is 1. The number of nitrogens with zero attached hydrogens (tertiary/aromatic N) is 4. The summed E-state index contributed by atoms with van der Waals surface area (Å²) in [6.45, 7) is 10.6. The predicted molar refractivity (Wildman–Crippen MR) is 177 cm³/mol. The maximum atomic E-state index is 14.3. The smallest absolute Gasteiger partial charge is 0.264 e. The molecule has 3 aromatic carbocycles. The van der Waals surface area contributed by atoms with Crippen LogP contribution in [0, 0.1) is 19.8 Å². The van der Waals surface area contributed by atoms with Crippen LogP contribution in [-0.2, 0) is 16.6 Å². The summed E-state index contributed by atoms with van der Waals surface area (Å²) >= 11 is 0. The molecule has 3 heterocycles. The lowest BCUT2D eigenvalue weighted by Gasteiger charge is -2.36. The standard InChI is InChI=1S/C35H39N5O4S.H2/c1-23(2)18-30-31-22-39(21-26-12-6-5-7-13-26)16-17-40(30)34(41)27-14-9-15-28(19-27)45(42,43)38-35-36-29(20-32(37-35)44-31)33-24(3)10-8-11-25(33)4;/h5-15,19-20,23,30-31H,16-18,21-22H2,1-4H3,(H,36,37,38);1H/t30-,31+;/m1./s1. The highest BCUT2D eigenvalue weighted by Crippen LogP contribution is 2.32. The summed E-state index contributed by atoms with van der Waals surface area (Å²) in [7, 11) is -4.12. The first-order valence-electron chi connectivity index (χ1n) is 15.4. The van der Waals surface area contributed by atoms with Gasteiger partial charge in [-0.1, -0.05) is 68.4 Å². The quantitative estimate of drug-likeness (QED) is 0.292. The zero-order valence-electron chi connectivity index (χ0n) is 26.1. The molecule has 0 aliphatic carbocycles. The van der Waals surface area contributed by atoms with Gasteiger partial charge < -0.3 is 9.64 Å². The first-order chi connectivity index (χ1) is 21.6. The van der Waals surface area contributed by atoms with Gasteiger partial charge in [-0.05, 0) is 61.1 Å². The Hall–Kier alpha value is -4.28. The Morgan fingerprint density at radius 2 is 1.69 bits per heavy atom. The van der Waals surface area contributed by atoms with Crippen LogP contribution in [0.25, 0.3) is 11.3 Å². The summed E-state index contributed by atoms with van der Waals surface area (Å²) in [4.78, 5) is 27.7. The van der Waals surface area contributed by atoms with Gasteiger partial charge in [0, 0.05) is 44.8 Å². The van der Waals surface area contributed by atoms with Crippen LogP contribution in [-0.4, -0.2) is 65.9 Å². The van der Waals surface area contributed by atoms with Crippen molar-refractivity contribution in [3.63, 3.8) is 0 Å². The van der Waals surface area contributed by atoms with Gasteiger partial charge in [0.05, 0.1) is 16.6 Å². The lowest BCUT2D eigenvalue weighted by atomic mass is 9.96. The average Bonchev–Trinajstić information content (AvgIpc) is 3.15. The zero-order chi connectivity index (χ0) is 31.7. The molecule has 236 valence electrons. The number of nitrogens with one attached hydrogen (secondary N) is 1. The summed E-state index contributed by atoms with van der Waals surface area (Å²) in [5.41, 5.74) is 4.92. The molecular weight excluding hydrogens is 586 g/mol. The van der Waals surface area contributed by atoms with E-state index in [0.29, 0.717) is 43.9 Å². The molecule has 10 heteroatoms. The number of aryl methyl sites for hydroxylation is 2. The van der Waals surface area contributed by atoms with Crippen LogP contribution in [0.2, 0.25) is 0 Å². The molecule has 0 radical (unpaired) electrons. The zero-order valence-corrected chi connectivity index (χ0v) is 26.9. The molecular formula is C35H41N5O4S. The summed E-state index contributed by atoms with van der Waals surface area (Å²) < 4.78 is 36.6.